The third kappa shape index (κ3) is 6.82. The van der Waals surface area contributed by atoms with E-state index >= 15 is 0 Å². The number of piperazine rings is 1. The SMILES string of the molecule is Cc1cc(C#N)nc(N2CCN(S(=O)(=O)c3ccc4c(c3)CCN4C(=O)c3cccc(CNC(=O)OC(C)(C)C)c3)CC2)n1. The minimum absolute atomic E-state index is 0.188. The van der Waals surface area contributed by atoms with Crippen molar-refractivity contribution in [2.75, 3.05) is 42.5 Å². The average molecular weight is 618 g/mol. The first kappa shape index (κ1) is 30.9. The molecule has 0 radical (unpaired) electrons. The molecule has 1 N–H and O–H groups in total. The summed E-state index contributed by atoms with van der Waals surface area (Å²) in [4.78, 5) is 37.9. The average Bonchev–Trinajstić information content (AvgIpc) is 3.42. The van der Waals surface area contributed by atoms with Crippen molar-refractivity contribution in [3.63, 3.8) is 0 Å². The van der Waals surface area contributed by atoms with Gasteiger partial charge < -0.3 is 19.9 Å². The van der Waals surface area contributed by atoms with E-state index in [4.69, 9.17) is 4.74 Å². The van der Waals surface area contributed by atoms with Crippen molar-refractivity contribution < 1.29 is 22.7 Å². The van der Waals surface area contributed by atoms with Gasteiger partial charge in [-0.1, -0.05) is 12.1 Å². The third-order valence-electron chi connectivity index (χ3n) is 7.32. The van der Waals surface area contributed by atoms with Crippen molar-refractivity contribution in [1.82, 2.24) is 19.6 Å². The molecule has 0 spiro atoms. The minimum Gasteiger partial charge on any atom is -0.444 e. The van der Waals surface area contributed by atoms with E-state index in [-0.39, 0.29) is 36.1 Å². The van der Waals surface area contributed by atoms with Crippen LogP contribution in [0, 0.1) is 18.3 Å². The van der Waals surface area contributed by atoms with Crippen molar-refractivity contribution >= 4 is 33.7 Å². The summed E-state index contributed by atoms with van der Waals surface area (Å²) in [6, 6.07) is 15.6. The number of hydrogen-bond acceptors (Lipinski definition) is 9. The Morgan fingerprint density at radius 2 is 1.77 bits per heavy atom. The van der Waals surface area contributed by atoms with Crippen molar-refractivity contribution in [2.24, 2.45) is 0 Å². The highest BCUT2D eigenvalue weighted by molar-refractivity contribution is 7.89. The fourth-order valence-electron chi connectivity index (χ4n) is 5.24. The fraction of sp³-hybridized carbons (Fsp3) is 0.387. The van der Waals surface area contributed by atoms with Gasteiger partial charge in [0.05, 0.1) is 4.90 Å². The largest absolute Gasteiger partial charge is 0.444 e. The highest BCUT2D eigenvalue weighted by Gasteiger charge is 2.32. The Morgan fingerprint density at radius 3 is 2.48 bits per heavy atom. The number of aryl methyl sites for hydroxylation is 1. The minimum atomic E-state index is -3.77. The van der Waals surface area contributed by atoms with E-state index in [2.05, 4.69) is 15.3 Å². The topological polar surface area (TPSA) is 149 Å². The van der Waals surface area contributed by atoms with E-state index in [0.29, 0.717) is 48.9 Å². The van der Waals surface area contributed by atoms with E-state index in [1.54, 1.807) is 75.1 Å². The van der Waals surface area contributed by atoms with Crippen molar-refractivity contribution in [3.8, 4) is 6.07 Å². The summed E-state index contributed by atoms with van der Waals surface area (Å²) in [6.07, 6.45) is -0.00543. The lowest BCUT2D eigenvalue weighted by molar-refractivity contribution is 0.0523. The first-order chi connectivity index (χ1) is 20.8. The summed E-state index contributed by atoms with van der Waals surface area (Å²) in [6.45, 7) is 9.09. The summed E-state index contributed by atoms with van der Waals surface area (Å²) in [5.74, 6) is 0.221. The lowest BCUT2D eigenvalue weighted by Crippen LogP contribution is -2.49. The molecule has 0 saturated carbocycles. The molecule has 5 rings (SSSR count). The molecule has 13 heteroatoms. The lowest BCUT2D eigenvalue weighted by atomic mass is 10.1. The van der Waals surface area contributed by atoms with Crippen molar-refractivity contribution in [3.05, 3.63) is 76.6 Å². The van der Waals surface area contributed by atoms with Crippen molar-refractivity contribution in [2.45, 2.75) is 51.2 Å². The number of aromatic nitrogens is 2. The number of amides is 2. The molecule has 0 atom stereocenters. The second-order valence-corrected chi connectivity index (χ2v) is 13.7. The first-order valence-electron chi connectivity index (χ1n) is 14.4. The lowest BCUT2D eigenvalue weighted by Gasteiger charge is -2.34. The number of nitrogens with one attached hydrogen (secondary N) is 1. The van der Waals surface area contributed by atoms with Crippen LogP contribution < -0.4 is 15.1 Å². The van der Waals surface area contributed by atoms with Gasteiger partial charge in [0.1, 0.15) is 17.4 Å². The molecule has 0 aliphatic carbocycles. The molecule has 2 aliphatic rings. The van der Waals surface area contributed by atoms with Crippen LogP contribution in [0.3, 0.4) is 0 Å². The van der Waals surface area contributed by atoms with E-state index < -0.39 is 21.7 Å². The smallest absolute Gasteiger partial charge is 0.407 e. The quantitative estimate of drug-likeness (QED) is 0.439. The van der Waals surface area contributed by atoms with E-state index in [9.17, 15) is 23.3 Å². The van der Waals surface area contributed by atoms with Crippen LogP contribution in [-0.2, 0) is 27.7 Å². The molecule has 2 aromatic carbocycles. The maximum absolute atomic E-state index is 13.6. The van der Waals surface area contributed by atoms with Gasteiger partial charge in [0.2, 0.25) is 16.0 Å². The van der Waals surface area contributed by atoms with Crippen LogP contribution in [0.4, 0.5) is 16.4 Å². The highest BCUT2D eigenvalue weighted by atomic mass is 32.2. The van der Waals surface area contributed by atoms with Crippen LogP contribution in [0.25, 0.3) is 0 Å². The van der Waals surface area contributed by atoms with Crippen molar-refractivity contribution in [1.29, 1.82) is 5.26 Å². The Bertz CT molecular complexity index is 1740. The second kappa shape index (κ2) is 12.2. The van der Waals surface area contributed by atoms with Gasteiger partial charge in [-0.2, -0.15) is 9.57 Å². The normalized spacial score (nSPS) is 15.4. The van der Waals surface area contributed by atoms with E-state index in [1.807, 2.05) is 17.0 Å². The van der Waals surface area contributed by atoms with Crippen LogP contribution in [-0.4, -0.2) is 73.0 Å². The number of carbonyl (C=O) groups is 2. The van der Waals surface area contributed by atoms with E-state index in [1.165, 1.54) is 4.31 Å². The molecule has 2 amide bonds. The summed E-state index contributed by atoms with van der Waals surface area (Å²) in [5, 5.41) is 11.9. The Hall–Kier alpha value is -4.54. The Balaban J connectivity index is 1.24. The number of fused-ring (bicyclic) bond motifs is 1. The number of carbonyl (C=O) groups excluding carboxylic acids is 2. The van der Waals surface area contributed by atoms with Gasteiger partial charge in [0, 0.05) is 56.2 Å². The second-order valence-electron chi connectivity index (χ2n) is 11.8. The van der Waals surface area contributed by atoms with Gasteiger partial charge in [-0.15, -0.1) is 0 Å². The molecular formula is C31H35N7O5S. The van der Waals surface area contributed by atoms with Crippen LogP contribution in [0.2, 0.25) is 0 Å². The summed E-state index contributed by atoms with van der Waals surface area (Å²) in [7, 11) is -3.77. The molecule has 12 nitrogen and oxygen atoms in total. The molecule has 0 unspecified atom stereocenters. The molecule has 2 aliphatic heterocycles. The van der Waals surface area contributed by atoms with Gasteiger partial charge >= 0.3 is 6.09 Å². The Kier molecular flexibility index (Phi) is 8.58. The van der Waals surface area contributed by atoms with Crippen LogP contribution in [0.1, 0.15) is 53.6 Å². The van der Waals surface area contributed by atoms with Gasteiger partial charge in [-0.3, -0.25) is 4.79 Å². The number of rotatable bonds is 6. The number of alkyl carbamates (subject to hydrolysis) is 1. The van der Waals surface area contributed by atoms with Crippen LogP contribution >= 0.6 is 0 Å². The zero-order valence-corrected chi connectivity index (χ0v) is 26.0. The number of benzene rings is 2. The predicted octanol–water partition coefficient (Wildman–Crippen LogP) is 3.40. The van der Waals surface area contributed by atoms with Crippen LogP contribution in [0.5, 0.6) is 0 Å². The van der Waals surface area contributed by atoms with Crippen LogP contribution in [0.15, 0.2) is 53.4 Å². The number of nitrogens with zero attached hydrogens (tertiary/aromatic N) is 6. The highest BCUT2D eigenvalue weighted by Crippen LogP contribution is 2.32. The number of hydrogen-bond donors (Lipinski definition) is 1. The van der Waals surface area contributed by atoms with E-state index in [0.717, 1.165) is 11.1 Å². The molecule has 44 heavy (non-hydrogen) atoms. The number of nitriles is 1. The zero-order valence-electron chi connectivity index (χ0n) is 25.2. The fourth-order valence-corrected chi connectivity index (χ4v) is 6.71. The van der Waals surface area contributed by atoms with Gasteiger partial charge in [-0.05, 0) is 81.6 Å². The van der Waals surface area contributed by atoms with Gasteiger partial charge in [0.25, 0.3) is 5.91 Å². The molecule has 3 heterocycles. The molecule has 1 saturated heterocycles. The molecule has 230 valence electrons. The molecule has 1 fully saturated rings. The summed E-state index contributed by atoms with van der Waals surface area (Å²) < 4.78 is 33.8. The zero-order chi connectivity index (χ0) is 31.6. The summed E-state index contributed by atoms with van der Waals surface area (Å²) >= 11 is 0. The Morgan fingerprint density at radius 1 is 1.02 bits per heavy atom. The molecule has 3 aromatic rings. The summed E-state index contributed by atoms with van der Waals surface area (Å²) in [5.41, 5.74) is 3.03. The maximum atomic E-state index is 13.6. The third-order valence-corrected chi connectivity index (χ3v) is 9.21. The molecule has 0 bridgehead atoms. The van der Waals surface area contributed by atoms with Gasteiger partial charge in [0.15, 0.2) is 0 Å². The predicted molar refractivity (Wildman–Crippen MR) is 164 cm³/mol. The first-order valence-corrected chi connectivity index (χ1v) is 15.8. The maximum Gasteiger partial charge on any atom is 0.407 e. The molecular weight excluding hydrogens is 582 g/mol. The number of sulfonamides is 1. The standard InChI is InChI=1S/C31H35N7O5S/c1-21-16-25(19-32)35-29(34-21)36-12-14-37(15-13-36)44(41,42)26-8-9-27-23(18-26)10-11-38(27)28(39)24-7-5-6-22(17-24)20-33-30(40)43-31(2,3)4/h5-9,16-18H,10-15,20H2,1-4H3,(H,33,40). The monoisotopic (exact) mass is 617 g/mol. The van der Waals surface area contributed by atoms with Gasteiger partial charge in [-0.25, -0.2) is 23.2 Å². The Labute approximate surface area is 257 Å². The number of anilines is 2. The molecule has 1 aromatic heterocycles. The number of ether oxygens (including phenoxy) is 1.